The third-order valence-corrected chi connectivity index (χ3v) is 6.32. The number of benzene rings is 2. The first-order chi connectivity index (χ1) is 13.0. The second-order valence-corrected chi connectivity index (χ2v) is 8.39. The fraction of sp³-hybridized carbons (Fsp3) is 0.348. The molecule has 1 fully saturated rings. The van der Waals surface area contributed by atoms with E-state index < -0.39 is 0 Å². The molecule has 0 amide bonds. The lowest BCUT2D eigenvalue weighted by atomic mass is 10.1. The number of nitrogens with one attached hydrogen (secondary N) is 1. The van der Waals surface area contributed by atoms with Crippen LogP contribution in [0.4, 0.5) is 11.5 Å². The van der Waals surface area contributed by atoms with E-state index >= 15 is 0 Å². The van der Waals surface area contributed by atoms with Crippen LogP contribution in [0.5, 0.6) is 0 Å². The molecular weight excluding hydrogens is 350 g/mol. The van der Waals surface area contributed by atoms with Gasteiger partial charge in [-0.25, -0.2) is 4.98 Å². The van der Waals surface area contributed by atoms with E-state index in [9.17, 15) is 0 Å². The number of pyridine rings is 1. The lowest BCUT2D eigenvalue weighted by Crippen LogP contribution is -2.48. The van der Waals surface area contributed by atoms with Crippen molar-refractivity contribution >= 4 is 34.2 Å². The molecule has 3 aromatic rings. The summed E-state index contributed by atoms with van der Waals surface area (Å²) in [5.74, 6) is 1.24. The van der Waals surface area contributed by atoms with Crippen molar-refractivity contribution in [2.45, 2.75) is 25.7 Å². The SMILES string of the molecule is CSc1ccc2c(C)cc(N3CCN(c4cc(C)ccc4C)CC3)[nH+]c2c1. The summed E-state index contributed by atoms with van der Waals surface area (Å²) in [7, 11) is 0. The van der Waals surface area contributed by atoms with Crippen LogP contribution in [-0.4, -0.2) is 32.4 Å². The first kappa shape index (κ1) is 18.2. The third-order valence-electron chi connectivity index (χ3n) is 5.59. The summed E-state index contributed by atoms with van der Waals surface area (Å²) >= 11 is 1.79. The molecule has 4 rings (SSSR count). The van der Waals surface area contributed by atoms with Crippen molar-refractivity contribution in [2.75, 3.05) is 42.2 Å². The van der Waals surface area contributed by atoms with Gasteiger partial charge in [0.15, 0.2) is 0 Å². The maximum atomic E-state index is 3.68. The average molecular weight is 379 g/mol. The summed E-state index contributed by atoms with van der Waals surface area (Å²) in [5, 5.41) is 1.31. The van der Waals surface area contributed by atoms with E-state index in [0.717, 1.165) is 26.2 Å². The van der Waals surface area contributed by atoms with Gasteiger partial charge in [0.05, 0.1) is 13.1 Å². The zero-order chi connectivity index (χ0) is 19.0. The summed E-state index contributed by atoms with van der Waals surface area (Å²) < 4.78 is 0. The first-order valence-corrected chi connectivity index (χ1v) is 10.9. The van der Waals surface area contributed by atoms with Gasteiger partial charge in [-0.05, 0) is 68.0 Å². The van der Waals surface area contributed by atoms with E-state index in [1.807, 2.05) is 0 Å². The van der Waals surface area contributed by atoms with Crippen LogP contribution in [0.2, 0.25) is 0 Å². The van der Waals surface area contributed by atoms with E-state index in [-0.39, 0.29) is 0 Å². The van der Waals surface area contributed by atoms with Gasteiger partial charge in [-0.15, -0.1) is 11.8 Å². The Morgan fingerprint density at radius 2 is 1.56 bits per heavy atom. The van der Waals surface area contributed by atoms with Gasteiger partial charge in [-0.1, -0.05) is 12.1 Å². The van der Waals surface area contributed by atoms with Gasteiger partial charge in [-0.3, -0.25) is 4.90 Å². The Bertz CT molecular complexity index is 975. The van der Waals surface area contributed by atoms with Crippen LogP contribution in [0.1, 0.15) is 16.7 Å². The molecule has 0 aliphatic carbocycles. The lowest BCUT2D eigenvalue weighted by Gasteiger charge is -2.33. The highest BCUT2D eigenvalue weighted by atomic mass is 32.2. The summed E-state index contributed by atoms with van der Waals surface area (Å²) in [6.07, 6.45) is 2.13. The number of anilines is 2. The maximum Gasteiger partial charge on any atom is 0.275 e. The van der Waals surface area contributed by atoms with Crippen LogP contribution in [-0.2, 0) is 0 Å². The number of fused-ring (bicyclic) bond motifs is 1. The smallest absolute Gasteiger partial charge is 0.275 e. The number of nitrogens with zero attached hydrogens (tertiary/aromatic N) is 2. The van der Waals surface area contributed by atoms with Crippen molar-refractivity contribution in [3.63, 3.8) is 0 Å². The molecule has 0 saturated carbocycles. The summed E-state index contributed by atoms with van der Waals surface area (Å²) in [6.45, 7) is 10.8. The van der Waals surface area contributed by atoms with Crippen LogP contribution >= 0.6 is 11.8 Å². The summed E-state index contributed by atoms with van der Waals surface area (Å²) in [5.41, 5.74) is 6.66. The molecule has 2 aromatic carbocycles. The number of aromatic amines is 1. The number of hydrogen-bond donors (Lipinski definition) is 0. The minimum absolute atomic E-state index is 1.04. The molecule has 27 heavy (non-hydrogen) atoms. The Labute approximate surface area is 166 Å². The summed E-state index contributed by atoms with van der Waals surface area (Å²) in [4.78, 5) is 9.99. The van der Waals surface area contributed by atoms with Gasteiger partial charge in [0.1, 0.15) is 18.6 Å². The van der Waals surface area contributed by atoms with Crippen molar-refractivity contribution in [1.29, 1.82) is 0 Å². The molecule has 0 spiro atoms. The average Bonchev–Trinajstić information content (AvgIpc) is 2.69. The molecule has 0 bridgehead atoms. The molecule has 0 atom stereocenters. The number of rotatable bonds is 3. The largest absolute Gasteiger partial charge is 0.363 e. The topological polar surface area (TPSA) is 20.6 Å². The monoisotopic (exact) mass is 378 g/mol. The molecular formula is C23H28N3S+. The predicted octanol–water partition coefficient (Wildman–Crippen LogP) is 4.63. The quantitative estimate of drug-likeness (QED) is 0.620. The number of H-pyrrole nitrogens is 1. The summed E-state index contributed by atoms with van der Waals surface area (Å²) in [6, 6.07) is 15.8. The van der Waals surface area contributed by atoms with Crippen LogP contribution < -0.4 is 14.8 Å². The molecule has 4 heteroatoms. The predicted molar refractivity (Wildman–Crippen MR) is 117 cm³/mol. The van der Waals surface area contributed by atoms with E-state index in [4.69, 9.17) is 0 Å². The number of piperazine rings is 1. The molecule has 140 valence electrons. The first-order valence-electron chi connectivity index (χ1n) is 9.63. The maximum absolute atomic E-state index is 3.68. The van der Waals surface area contributed by atoms with Gasteiger partial charge >= 0.3 is 0 Å². The Morgan fingerprint density at radius 1 is 0.815 bits per heavy atom. The van der Waals surface area contributed by atoms with Crippen LogP contribution in [0.25, 0.3) is 10.9 Å². The van der Waals surface area contributed by atoms with E-state index in [1.165, 1.54) is 44.0 Å². The molecule has 0 radical (unpaired) electrons. The van der Waals surface area contributed by atoms with E-state index in [2.05, 4.69) is 84.3 Å². The van der Waals surface area contributed by atoms with Crippen LogP contribution in [0.15, 0.2) is 47.4 Å². The van der Waals surface area contributed by atoms with Gasteiger partial charge in [0.25, 0.3) is 5.82 Å². The number of hydrogen-bond acceptors (Lipinski definition) is 3. The van der Waals surface area contributed by atoms with Gasteiger partial charge < -0.3 is 4.90 Å². The molecule has 0 unspecified atom stereocenters. The lowest BCUT2D eigenvalue weighted by molar-refractivity contribution is -0.330. The zero-order valence-corrected chi connectivity index (χ0v) is 17.5. The molecule has 1 aromatic heterocycles. The van der Waals surface area contributed by atoms with Crippen molar-refractivity contribution < 1.29 is 4.98 Å². The highest BCUT2D eigenvalue weighted by Gasteiger charge is 2.25. The van der Waals surface area contributed by atoms with E-state index in [1.54, 1.807) is 11.8 Å². The number of thioether (sulfide) groups is 1. The standard InChI is InChI=1S/C23H27N3S/c1-16-5-6-17(2)22(13-16)25-9-11-26(12-10-25)23-14-18(3)20-8-7-19(27-4)15-21(20)24-23/h5-8,13-15H,9-12H2,1-4H3/p+1. The second-order valence-electron chi connectivity index (χ2n) is 7.51. The van der Waals surface area contributed by atoms with Crippen LogP contribution in [0, 0.1) is 20.8 Å². The molecule has 1 aliphatic heterocycles. The Morgan fingerprint density at radius 3 is 2.30 bits per heavy atom. The fourth-order valence-corrected chi connectivity index (χ4v) is 4.41. The normalized spacial score (nSPS) is 14.8. The number of aromatic nitrogens is 1. The molecule has 2 heterocycles. The second kappa shape index (κ2) is 7.43. The fourth-order valence-electron chi connectivity index (χ4n) is 3.97. The Balaban J connectivity index is 1.56. The third kappa shape index (κ3) is 3.63. The van der Waals surface area contributed by atoms with E-state index in [0.29, 0.717) is 0 Å². The molecule has 3 nitrogen and oxygen atoms in total. The minimum atomic E-state index is 1.04. The molecule has 1 saturated heterocycles. The van der Waals surface area contributed by atoms with Crippen molar-refractivity contribution in [1.82, 2.24) is 0 Å². The highest BCUT2D eigenvalue weighted by Crippen LogP contribution is 2.26. The van der Waals surface area contributed by atoms with Crippen molar-refractivity contribution in [2.24, 2.45) is 0 Å². The van der Waals surface area contributed by atoms with Gasteiger partial charge in [-0.2, -0.15) is 0 Å². The van der Waals surface area contributed by atoms with Crippen molar-refractivity contribution in [3.05, 3.63) is 59.2 Å². The highest BCUT2D eigenvalue weighted by molar-refractivity contribution is 7.98. The van der Waals surface area contributed by atoms with Gasteiger partial charge in [0.2, 0.25) is 0 Å². The van der Waals surface area contributed by atoms with Crippen molar-refractivity contribution in [3.8, 4) is 0 Å². The minimum Gasteiger partial charge on any atom is -0.363 e. The Hall–Kier alpha value is -2.20. The molecule has 1 aliphatic rings. The van der Waals surface area contributed by atoms with Gasteiger partial charge in [0, 0.05) is 22.0 Å². The number of aryl methyl sites for hydroxylation is 3. The zero-order valence-electron chi connectivity index (χ0n) is 16.7. The Kier molecular flexibility index (Phi) is 5.00. The van der Waals surface area contributed by atoms with Crippen LogP contribution in [0.3, 0.4) is 0 Å². The molecule has 1 N–H and O–H groups in total.